The number of sulfone groups is 1. The van der Waals surface area contributed by atoms with Crippen molar-refractivity contribution in [2.45, 2.75) is 94.3 Å². The molecule has 2 rings (SSSR count). The van der Waals surface area contributed by atoms with Crippen LogP contribution in [0.25, 0.3) is 10.2 Å². The molecule has 0 amide bonds. The maximum atomic E-state index is 13.3. The number of para-hydroxylation sites is 1. The molecule has 0 saturated heterocycles. The number of thiazole rings is 1. The monoisotopic (exact) mass is 513 g/mol. The Balaban J connectivity index is 2.03. The number of unbranched alkanes of at least 4 members (excludes halogenated alkanes) is 4. The number of benzene rings is 1. The van der Waals surface area contributed by atoms with Gasteiger partial charge in [0.15, 0.2) is 8.32 Å². The first-order chi connectivity index (χ1) is 15.4. The van der Waals surface area contributed by atoms with Gasteiger partial charge in [-0.15, -0.1) is 11.3 Å². The Kier molecular flexibility index (Phi) is 10.1. The van der Waals surface area contributed by atoms with Crippen LogP contribution >= 0.6 is 11.3 Å². The van der Waals surface area contributed by atoms with Gasteiger partial charge in [0.1, 0.15) is 0 Å². The molecule has 0 radical (unpaired) electrons. The van der Waals surface area contributed by atoms with Crippen LogP contribution in [-0.4, -0.2) is 46.7 Å². The lowest BCUT2D eigenvalue weighted by atomic mass is 10.1. The zero-order valence-corrected chi connectivity index (χ0v) is 23.5. The first-order valence-corrected chi connectivity index (χ1v) is 17.1. The summed E-state index contributed by atoms with van der Waals surface area (Å²) in [5, 5.41) is -0.00123. The van der Waals surface area contributed by atoms with Gasteiger partial charge in [-0.3, -0.25) is 4.79 Å². The molecule has 0 aliphatic rings. The van der Waals surface area contributed by atoms with Crippen molar-refractivity contribution in [3.63, 3.8) is 0 Å². The lowest BCUT2D eigenvalue weighted by Crippen LogP contribution is -2.45. The van der Waals surface area contributed by atoms with Gasteiger partial charge in [0, 0.05) is 6.42 Å². The third-order valence-corrected chi connectivity index (χ3v) is 14.2. The van der Waals surface area contributed by atoms with E-state index in [1.807, 2.05) is 24.3 Å². The van der Waals surface area contributed by atoms with Crippen molar-refractivity contribution in [2.75, 3.05) is 12.9 Å². The molecule has 1 atom stereocenters. The van der Waals surface area contributed by atoms with Crippen molar-refractivity contribution in [2.24, 2.45) is 0 Å². The van der Waals surface area contributed by atoms with E-state index in [4.69, 9.17) is 4.43 Å². The normalized spacial score (nSPS) is 13.9. The highest BCUT2D eigenvalue weighted by molar-refractivity contribution is 7.93. The second-order valence-corrected chi connectivity index (χ2v) is 18.1. The average Bonchev–Trinajstić information content (AvgIpc) is 3.16. The molecule has 0 aliphatic carbocycles. The number of hydrogen-bond acceptors (Lipinski definition) is 7. The minimum atomic E-state index is -3.55. The average molecular weight is 514 g/mol. The van der Waals surface area contributed by atoms with E-state index in [-0.39, 0.29) is 27.2 Å². The number of hydrogen-bond donors (Lipinski definition) is 0. The molecular formula is C24H39NO5S2Si. The second kappa shape index (κ2) is 11.9. The summed E-state index contributed by atoms with van der Waals surface area (Å²) in [5.74, 6) is -0.209. The van der Waals surface area contributed by atoms with Crippen LogP contribution in [0.1, 0.15) is 65.7 Å². The summed E-state index contributed by atoms with van der Waals surface area (Å²) in [6.07, 6.45) is 5.48. The van der Waals surface area contributed by atoms with Gasteiger partial charge in [-0.25, -0.2) is 13.4 Å². The van der Waals surface area contributed by atoms with Gasteiger partial charge in [0.05, 0.1) is 29.2 Å². The zero-order chi connectivity index (χ0) is 24.7. The number of ether oxygens (including phenoxy) is 1. The molecule has 1 aromatic heterocycles. The van der Waals surface area contributed by atoms with Crippen molar-refractivity contribution in [1.82, 2.24) is 4.98 Å². The van der Waals surface area contributed by atoms with E-state index in [0.717, 1.165) is 42.3 Å². The number of nitrogens with zero attached hydrogens (tertiary/aromatic N) is 1. The van der Waals surface area contributed by atoms with Crippen LogP contribution in [0.5, 0.6) is 0 Å². The SMILES string of the molecule is COC(=O)CCCCCCC[C@@H](CS(=O)(=O)c1nc2ccccc2s1)O[Si](C)(C)C(C)(C)C. The lowest BCUT2D eigenvalue weighted by Gasteiger charge is -2.39. The number of carbonyl (C=O) groups excluding carboxylic acids is 1. The smallest absolute Gasteiger partial charge is 0.305 e. The summed E-state index contributed by atoms with van der Waals surface area (Å²) in [6, 6.07) is 7.50. The topological polar surface area (TPSA) is 82.6 Å². The van der Waals surface area contributed by atoms with E-state index in [2.05, 4.69) is 43.6 Å². The molecule has 9 heteroatoms. The van der Waals surface area contributed by atoms with Crippen molar-refractivity contribution < 1.29 is 22.4 Å². The van der Waals surface area contributed by atoms with E-state index in [9.17, 15) is 13.2 Å². The van der Waals surface area contributed by atoms with E-state index in [1.54, 1.807) is 0 Å². The molecule has 0 fully saturated rings. The van der Waals surface area contributed by atoms with Gasteiger partial charge < -0.3 is 9.16 Å². The Morgan fingerprint density at radius 1 is 1.09 bits per heavy atom. The van der Waals surface area contributed by atoms with Crippen molar-refractivity contribution in [1.29, 1.82) is 0 Å². The molecule has 1 aromatic carbocycles. The number of fused-ring (bicyclic) bond motifs is 1. The fourth-order valence-corrected chi connectivity index (χ4v) is 7.63. The summed E-state index contributed by atoms with van der Waals surface area (Å²) in [5.41, 5.74) is 0.717. The summed E-state index contributed by atoms with van der Waals surface area (Å²) in [6.45, 7) is 10.8. The Bertz CT molecular complexity index is 978. The summed E-state index contributed by atoms with van der Waals surface area (Å²) in [4.78, 5) is 15.6. The molecule has 0 saturated carbocycles. The number of carbonyl (C=O) groups is 1. The molecule has 33 heavy (non-hydrogen) atoms. The number of rotatable bonds is 13. The van der Waals surface area contributed by atoms with E-state index < -0.39 is 18.2 Å². The van der Waals surface area contributed by atoms with Crippen molar-refractivity contribution in [3.8, 4) is 0 Å². The molecule has 2 aromatic rings. The molecule has 0 unspecified atom stereocenters. The molecule has 0 N–H and O–H groups in total. The molecule has 0 aliphatic heterocycles. The largest absolute Gasteiger partial charge is 0.469 e. The predicted octanol–water partition coefficient (Wildman–Crippen LogP) is 6.36. The molecule has 1 heterocycles. The van der Waals surface area contributed by atoms with Crippen molar-refractivity contribution in [3.05, 3.63) is 24.3 Å². The Morgan fingerprint density at radius 3 is 2.36 bits per heavy atom. The number of methoxy groups -OCH3 is 1. The summed E-state index contributed by atoms with van der Waals surface area (Å²) >= 11 is 1.23. The first-order valence-electron chi connectivity index (χ1n) is 11.7. The van der Waals surface area contributed by atoms with Gasteiger partial charge in [-0.1, -0.05) is 58.6 Å². The van der Waals surface area contributed by atoms with Crippen LogP contribution < -0.4 is 0 Å². The fourth-order valence-electron chi connectivity index (χ4n) is 3.34. The first kappa shape index (κ1) is 27.9. The number of esters is 1. The Morgan fingerprint density at radius 2 is 1.73 bits per heavy atom. The van der Waals surface area contributed by atoms with Crippen LogP contribution in [0.15, 0.2) is 28.6 Å². The molecule has 0 bridgehead atoms. The van der Waals surface area contributed by atoms with Crippen molar-refractivity contribution >= 4 is 45.7 Å². The van der Waals surface area contributed by atoms with Crippen LogP contribution in [-0.2, 0) is 23.8 Å². The van der Waals surface area contributed by atoms with Gasteiger partial charge in [0.25, 0.3) is 0 Å². The molecule has 186 valence electrons. The van der Waals surface area contributed by atoms with Crippen LogP contribution in [0.2, 0.25) is 18.1 Å². The maximum Gasteiger partial charge on any atom is 0.305 e. The molecule has 0 spiro atoms. The Labute approximate surface area is 204 Å². The van der Waals surface area contributed by atoms with Crippen LogP contribution in [0.3, 0.4) is 0 Å². The zero-order valence-electron chi connectivity index (χ0n) is 20.8. The predicted molar refractivity (Wildman–Crippen MR) is 138 cm³/mol. The van der Waals surface area contributed by atoms with Gasteiger partial charge in [-0.2, -0.15) is 0 Å². The summed E-state index contributed by atoms with van der Waals surface area (Å²) in [7, 11) is -4.27. The quantitative estimate of drug-likeness (QED) is 0.176. The van der Waals surface area contributed by atoms with E-state index >= 15 is 0 Å². The third kappa shape index (κ3) is 8.46. The molecular weight excluding hydrogens is 474 g/mol. The minimum absolute atomic E-state index is 0.00123. The Hall–Kier alpha value is -1.29. The fraction of sp³-hybridized carbons (Fsp3) is 0.667. The minimum Gasteiger partial charge on any atom is -0.469 e. The lowest BCUT2D eigenvalue weighted by molar-refractivity contribution is -0.140. The highest BCUT2D eigenvalue weighted by Gasteiger charge is 2.40. The maximum absolute atomic E-state index is 13.3. The second-order valence-electron chi connectivity index (χ2n) is 10.1. The van der Waals surface area contributed by atoms with Crippen LogP contribution in [0, 0.1) is 0 Å². The van der Waals surface area contributed by atoms with Gasteiger partial charge in [-0.05, 0) is 43.1 Å². The van der Waals surface area contributed by atoms with E-state index in [1.165, 1.54) is 18.4 Å². The highest BCUT2D eigenvalue weighted by Crippen LogP contribution is 2.38. The van der Waals surface area contributed by atoms with Gasteiger partial charge in [0.2, 0.25) is 14.2 Å². The number of aromatic nitrogens is 1. The van der Waals surface area contributed by atoms with E-state index in [0.29, 0.717) is 12.8 Å². The third-order valence-electron chi connectivity index (χ3n) is 6.35. The van der Waals surface area contributed by atoms with Gasteiger partial charge >= 0.3 is 5.97 Å². The standard InChI is InChI=1S/C24H39NO5S2Si/c1-24(2,3)33(5,6)30-19(14-10-8-7-9-11-17-22(26)29-4)18-32(27,28)23-25-20-15-12-13-16-21(20)31-23/h12-13,15-16,19H,7-11,14,17-18H2,1-6H3/t19-/m0/s1. The molecule has 6 nitrogen and oxygen atoms in total. The highest BCUT2D eigenvalue weighted by atomic mass is 32.2. The van der Waals surface area contributed by atoms with Crippen LogP contribution in [0.4, 0.5) is 0 Å². The summed E-state index contributed by atoms with van der Waals surface area (Å²) < 4.78 is 38.8.